The standard InChI is InChI=1S/C16H25FN2O/c1-4-20-16(8-5-12(2)6-9-16)15(18-3)13-7-10-19-11-14(13)17/h7,10-12,15,18H,4-6,8-9H2,1-3H3. The van der Waals surface area contributed by atoms with Crippen molar-refractivity contribution in [2.75, 3.05) is 13.7 Å². The smallest absolute Gasteiger partial charge is 0.146 e. The second-order valence-electron chi connectivity index (χ2n) is 5.80. The molecule has 0 spiro atoms. The molecule has 0 aliphatic heterocycles. The highest BCUT2D eigenvalue weighted by atomic mass is 19.1. The van der Waals surface area contributed by atoms with Gasteiger partial charge in [-0.2, -0.15) is 0 Å². The molecule has 1 saturated carbocycles. The Labute approximate surface area is 120 Å². The van der Waals surface area contributed by atoms with E-state index in [9.17, 15) is 4.39 Å². The van der Waals surface area contributed by atoms with Crippen LogP contribution in [0.2, 0.25) is 0 Å². The lowest BCUT2D eigenvalue weighted by Gasteiger charge is -2.45. The number of nitrogens with zero attached hydrogens (tertiary/aromatic N) is 1. The Kier molecular flexibility index (Phi) is 5.11. The van der Waals surface area contributed by atoms with Crippen molar-refractivity contribution in [2.24, 2.45) is 5.92 Å². The van der Waals surface area contributed by atoms with Crippen LogP contribution in [0.25, 0.3) is 0 Å². The van der Waals surface area contributed by atoms with Gasteiger partial charge in [-0.05, 0) is 51.6 Å². The van der Waals surface area contributed by atoms with Crippen molar-refractivity contribution >= 4 is 0 Å². The van der Waals surface area contributed by atoms with Gasteiger partial charge in [-0.3, -0.25) is 4.98 Å². The van der Waals surface area contributed by atoms with Gasteiger partial charge in [0.25, 0.3) is 0 Å². The van der Waals surface area contributed by atoms with Gasteiger partial charge in [-0.15, -0.1) is 0 Å². The summed E-state index contributed by atoms with van der Waals surface area (Å²) in [6, 6.07) is 1.63. The highest BCUT2D eigenvalue weighted by molar-refractivity contribution is 5.22. The minimum Gasteiger partial charge on any atom is -0.373 e. The molecule has 3 nitrogen and oxygen atoms in total. The first-order valence-electron chi connectivity index (χ1n) is 7.53. The lowest BCUT2D eigenvalue weighted by Crippen LogP contribution is -2.48. The van der Waals surface area contributed by atoms with Crippen LogP contribution < -0.4 is 5.32 Å². The molecule has 1 unspecified atom stereocenters. The number of nitrogens with one attached hydrogen (secondary N) is 1. The lowest BCUT2D eigenvalue weighted by atomic mass is 9.73. The fraction of sp³-hybridized carbons (Fsp3) is 0.688. The van der Waals surface area contributed by atoms with Crippen molar-refractivity contribution in [3.05, 3.63) is 29.8 Å². The molecule has 20 heavy (non-hydrogen) atoms. The Balaban J connectivity index is 2.33. The van der Waals surface area contributed by atoms with Crippen molar-refractivity contribution in [1.29, 1.82) is 0 Å². The number of hydrogen-bond acceptors (Lipinski definition) is 3. The molecule has 1 aromatic rings. The van der Waals surface area contributed by atoms with Crippen LogP contribution in [0.1, 0.15) is 51.1 Å². The van der Waals surface area contributed by atoms with Gasteiger partial charge in [0.1, 0.15) is 5.82 Å². The van der Waals surface area contributed by atoms with E-state index < -0.39 is 0 Å². The zero-order valence-electron chi connectivity index (χ0n) is 12.7. The molecule has 0 bridgehead atoms. The van der Waals surface area contributed by atoms with Gasteiger partial charge >= 0.3 is 0 Å². The Morgan fingerprint density at radius 3 is 2.75 bits per heavy atom. The van der Waals surface area contributed by atoms with E-state index in [-0.39, 0.29) is 17.5 Å². The van der Waals surface area contributed by atoms with E-state index in [1.807, 2.05) is 14.0 Å². The number of pyridine rings is 1. The Morgan fingerprint density at radius 2 is 2.20 bits per heavy atom. The molecule has 0 aromatic carbocycles. The predicted molar refractivity (Wildman–Crippen MR) is 78.0 cm³/mol. The van der Waals surface area contributed by atoms with E-state index in [1.165, 1.54) is 6.20 Å². The molecule has 4 heteroatoms. The monoisotopic (exact) mass is 280 g/mol. The quantitative estimate of drug-likeness (QED) is 0.897. The zero-order valence-corrected chi connectivity index (χ0v) is 12.7. The van der Waals surface area contributed by atoms with E-state index >= 15 is 0 Å². The van der Waals surface area contributed by atoms with Gasteiger partial charge in [0.05, 0.1) is 17.8 Å². The average molecular weight is 280 g/mol. The maximum absolute atomic E-state index is 14.1. The van der Waals surface area contributed by atoms with E-state index in [0.29, 0.717) is 12.2 Å². The van der Waals surface area contributed by atoms with Crippen molar-refractivity contribution in [2.45, 2.75) is 51.2 Å². The minimum atomic E-state index is -0.307. The summed E-state index contributed by atoms with van der Waals surface area (Å²) < 4.78 is 20.2. The molecule has 0 saturated heterocycles. The number of aromatic nitrogens is 1. The molecule has 1 N–H and O–H groups in total. The molecular formula is C16H25FN2O. The summed E-state index contributed by atoms with van der Waals surface area (Å²) in [7, 11) is 1.88. The minimum absolute atomic E-state index is 0.127. The van der Waals surface area contributed by atoms with Gasteiger partial charge < -0.3 is 10.1 Å². The van der Waals surface area contributed by atoms with E-state index in [2.05, 4.69) is 17.2 Å². The van der Waals surface area contributed by atoms with Crippen LogP contribution >= 0.6 is 0 Å². The first-order chi connectivity index (χ1) is 9.63. The summed E-state index contributed by atoms with van der Waals surface area (Å²) in [5.41, 5.74) is 0.351. The van der Waals surface area contributed by atoms with E-state index in [0.717, 1.165) is 31.6 Å². The number of halogens is 1. The van der Waals surface area contributed by atoms with Crippen molar-refractivity contribution in [3.63, 3.8) is 0 Å². The van der Waals surface area contributed by atoms with Gasteiger partial charge in [0.15, 0.2) is 0 Å². The molecule has 1 aliphatic carbocycles. The van der Waals surface area contributed by atoms with E-state index in [1.54, 1.807) is 12.3 Å². The number of rotatable bonds is 5. The second kappa shape index (κ2) is 6.64. The van der Waals surface area contributed by atoms with Crippen LogP contribution in [0.3, 0.4) is 0 Å². The van der Waals surface area contributed by atoms with E-state index in [4.69, 9.17) is 4.74 Å². The van der Waals surface area contributed by atoms with Crippen LogP contribution in [-0.2, 0) is 4.74 Å². The fourth-order valence-electron chi connectivity index (χ4n) is 3.38. The summed E-state index contributed by atoms with van der Waals surface area (Å²) in [6.07, 6.45) is 7.12. The van der Waals surface area contributed by atoms with Gasteiger partial charge in [-0.25, -0.2) is 4.39 Å². The Morgan fingerprint density at radius 1 is 1.50 bits per heavy atom. The van der Waals surface area contributed by atoms with Gasteiger partial charge in [0, 0.05) is 18.4 Å². The summed E-state index contributed by atoms with van der Waals surface area (Å²) in [5.74, 6) is 0.466. The van der Waals surface area contributed by atoms with Crippen LogP contribution in [0.4, 0.5) is 4.39 Å². The maximum atomic E-state index is 14.1. The molecule has 1 aromatic heterocycles. The Bertz CT molecular complexity index is 430. The molecule has 2 rings (SSSR count). The third kappa shape index (κ3) is 3.01. The fourth-order valence-corrected chi connectivity index (χ4v) is 3.38. The zero-order chi connectivity index (χ0) is 14.6. The molecule has 0 amide bonds. The molecular weight excluding hydrogens is 255 g/mol. The number of hydrogen-bond donors (Lipinski definition) is 1. The predicted octanol–water partition coefficient (Wildman–Crippen LogP) is 3.47. The third-order valence-electron chi connectivity index (χ3n) is 4.48. The molecule has 0 radical (unpaired) electrons. The Hall–Kier alpha value is -1.00. The maximum Gasteiger partial charge on any atom is 0.146 e. The van der Waals surface area contributed by atoms with Crippen LogP contribution in [-0.4, -0.2) is 24.2 Å². The number of ether oxygens (including phenoxy) is 1. The van der Waals surface area contributed by atoms with Crippen molar-refractivity contribution in [3.8, 4) is 0 Å². The van der Waals surface area contributed by atoms with Crippen molar-refractivity contribution in [1.82, 2.24) is 10.3 Å². The van der Waals surface area contributed by atoms with Crippen LogP contribution in [0.5, 0.6) is 0 Å². The summed E-state index contributed by atoms with van der Waals surface area (Å²) in [4.78, 5) is 3.84. The normalized spacial score (nSPS) is 28.3. The number of likely N-dealkylation sites (N-methyl/N-ethyl adjacent to an activating group) is 1. The topological polar surface area (TPSA) is 34.1 Å². The van der Waals surface area contributed by atoms with Crippen LogP contribution in [0.15, 0.2) is 18.5 Å². The SMILES string of the molecule is CCOC1(C(NC)c2ccncc2F)CCC(C)CC1. The molecule has 1 aliphatic rings. The lowest BCUT2D eigenvalue weighted by molar-refractivity contribution is -0.0968. The van der Waals surface area contributed by atoms with Crippen molar-refractivity contribution < 1.29 is 9.13 Å². The summed E-state index contributed by atoms with van der Waals surface area (Å²) in [5, 5.41) is 3.28. The summed E-state index contributed by atoms with van der Waals surface area (Å²) in [6.45, 7) is 4.94. The van der Waals surface area contributed by atoms with Crippen LogP contribution in [0, 0.1) is 11.7 Å². The highest BCUT2D eigenvalue weighted by Gasteiger charge is 2.43. The molecule has 1 heterocycles. The van der Waals surface area contributed by atoms with Gasteiger partial charge in [-0.1, -0.05) is 6.92 Å². The first kappa shape index (κ1) is 15.4. The second-order valence-corrected chi connectivity index (χ2v) is 5.80. The molecule has 1 atom stereocenters. The largest absolute Gasteiger partial charge is 0.373 e. The first-order valence-corrected chi connectivity index (χ1v) is 7.53. The molecule has 1 fully saturated rings. The highest BCUT2D eigenvalue weighted by Crippen LogP contribution is 2.43. The average Bonchev–Trinajstić information content (AvgIpc) is 2.45. The molecule has 112 valence electrons. The third-order valence-corrected chi connectivity index (χ3v) is 4.48. The summed E-state index contributed by atoms with van der Waals surface area (Å²) >= 11 is 0. The van der Waals surface area contributed by atoms with Gasteiger partial charge in [0.2, 0.25) is 0 Å².